The lowest BCUT2D eigenvalue weighted by Gasteiger charge is -2.31. The van der Waals surface area contributed by atoms with Crippen molar-refractivity contribution >= 4 is 0 Å². The van der Waals surface area contributed by atoms with Crippen LogP contribution in [0.4, 0.5) is 0 Å². The first-order valence-corrected chi connectivity index (χ1v) is 6.71. The second-order valence-corrected chi connectivity index (χ2v) is 5.25. The lowest BCUT2D eigenvalue weighted by atomic mass is 9.79. The summed E-state index contributed by atoms with van der Waals surface area (Å²) in [6.45, 7) is 2.24. The fraction of sp³-hybridized carbons (Fsp3) is 0.600. The predicted molar refractivity (Wildman–Crippen MR) is 70.8 cm³/mol. The Labute approximate surface area is 104 Å². The molecule has 2 N–H and O–H groups in total. The summed E-state index contributed by atoms with van der Waals surface area (Å²) in [6.07, 6.45) is 5.34. The summed E-state index contributed by atoms with van der Waals surface area (Å²) < 4.78 is 0. The van der Waals surface area contributed by atoms with E-state index in [0.29, 0.717) is 6.04 Å². The Bertz CT molecular complexity index is 314. The first-order chi connectivity index (χ1) is 8.29. The highest BCUT2D eigenvalue weighted by atomic mass is 16.3. The van der Waals surface area contributed by atoms with Crippen LogP contribution in [-0.2, 0) is 0 Å². The van der Waals surface area contributed by atoms with Gasteiger partial charge in [-0.2, -0.15) is 0 Å². The van der Waals surface area contributed by atoms with Crippen molar-refractivity contribution in [1.29, 1.82) is 0 Å². The van der Waals surface area contributed by atoms with E-state index < -0.39 is 0 Å². The van der Waals surface area contributed by atoms with Crippen molar-refractivity contribution in [3.05, 3.63) is 35.9 Å². The molecule has 0 aliphatic heterocycles. The van der Waals surface area contributed by atoms with Gasteiger partial charge in [0.05, 0.1) is 6.61 Å². The molecule has 94 valence electrons. The lowest BCUT2D eigenvalue weighted by Crippen LogP contribution is -2.35. The van der Waals surface area contributed by atoms with E-state index in [1.807, 2.05) is 6.92 Å². The number of rotatable bonds is 6. The summed E-state index contributed by atoms with van der Waals surface area (Å²) in [5.41, 5.74) is 1.35. The molecule has 1 aromatic rings. The number of hydrogen-bond donors (Lipinski definition) is 2. The average molecular weight is 233 g/mol. The van der Waals surface area contributed by atoms with E-state index in [-0.39, 0.29) is 12.6 Å². The maximum atomic E-state index is 9.17. The Balaban J connectivity index is 2.00. The highest BCUT2D eigenvalue weighted by Crippen LogP contribution is 2.34. The molecule has 2 heteroatoms. The highest BCUT2D eigenvalue weighted by Gasteiger charge is 2.23. The van der Waals surface area contributed by atoms with Crippen LogP contribution in [0.25, 0.3) is 0 Å². The zero-order chi connectivity index (χ0) is 12.1. The molecule has 1 fully saturated rings. The van der Waals surface area contributed by atoms with Crippen LogP contribution in [0, 0.1) is 5.92 Å². The molecule has 2 rings (SSSR count). The Morgan fingerprint density at radius 3 is 2.53 bits per heavy atom. The smallest absolute Gasteiger partial charge is 0.0582 e. The molecule has 0 amide bonds. The molecule has 0 bridgehead atoms. The van der Waals surface area contributed by atoms with Gasteiger partial charge in [-0.1, -0.05) is 49.6 Å². The van der Waals surface area contributed by atoms with Crippen LogP contribution in [0.1, 0.15) is 44.2 Å². The predicted octanol–water partition coefficient (Wildman–Crippen LogP) is 2.89. The van der Waals surface area contributed by atoms with Gasteiger partial charge < -0.3 is 10.4 Å². The standard InChI is InChI=1S/C15H23NO/c1-12(11-17)16-15(10-13-6-5-7-13)14-8-3-2-4-9-14/h2-4,8-9,12-13,15-17H,5-7,10-11H2,1H3/t12-,15?/m1/s1. The average Bonchev–Trinajstić information content (AvgIpc) is 2.33. The van der Waals surface area contributed by atoms with Crippen molar-refractivity contribution < 1.29 is 5.11 Å². The molecular formula is C15H23NO. The quantitative estimate of drug-likeness (QED) is 0.792. The van der Waals surface area contributed by atoms with E-state index in [0.717, 1.165) is 5.92 Å². The van der Waals surface area contributed by atoms with Crippen molar-refractivity contribution in [3.8, 4) is 0 Å². The Morgan fingerprint density at radius 2 is 2.00 bits per heavy atom. The number of aliphatic hydroxyl groups excluding tert-OH is 1. The molecule has 1 aliphatic carbocycles. The van der Waals surface area contributed by atoms with Crippen molar-refractivity contribution in [2.45, 2.75) is 44.7 Å². The molecule has 0 saturated heterocycles. The van der Waals surface area contributed by atoms with E-state index in [2.05, 4.69) is 35.6 Å². The third kappa shape index (κ3) is 3.55. The van der Waals surface area contributed by atoms with Crippen molar-refractivity contribution in [2.75, 3.05) is 6.61 Å². The van der Waals surface area contributed by atoms with E-state index in [1.54, 1.807) is 0 Å². The molecule has 2 nitrogen and oxygen atoms in total. The monoisotopic (exact) mass is 233 g/mol. The van der Waals surface area contributed by atoms with Crippen LogP contribution in [0.15, 0.2) is 30.3 Å². The summed E-state index contributed by atoms with van der Waals surface area (Å²) in [5, 5.41) is 12.7. The second kappa shape index (κ2) is 6.18. The number of hydrogen-bond acceptors (Lipinski definition) is 2. The lowest BCUT2D eigenvalue weighted by molar-refractivity contribution is 0.213. The highest BCUT2D eigenvalue weighted by molar-refractivity contribution is 5.19. The second-order valence-electron chi connectivity index (χ2n) is 5.25. The van der Waals surface area contributed by atoms with Crippen LogP contribution in [0.3, 0.4) is 0 Å². The minimum atomic E-state index is 0.167. The van der Waals surface area contributed by atoms with Gasteiger partial charge in [0.2, 0.25) is 0 Å². The maximum absolute atomic E-state index is 9.17. The summed E-state index contributed by atoms with van der Waals surface area (Å²) in [7, 11) is 0. The molecule has 1 aliphatic rings. The molecule has 1 unspecified atom stereocenters. The molecule has 0 heterocycles. The molecule has 1 aromatic carbocycles. The Hall–Kier alpha value is -0.860. The zero-order valence-corrected chi connectivity index (χ0v) is 10.6. The van der Waals surface area contributed by atoms with Crippen LogP contribution in [0.2, 0.25) is 0 Å². The molecular weight excluding hydrogens is 210 g/mol. The van der Waals surface area contributed by atoms with E-state index >= 15 is 0 Å². The minimum Gasteiger partial charge on any atom is -0.395 e. The van der Waals surface area contributed by atoms with Gasteiger partial charge in [-0.15, -0.1) is 0 Å². The largest absolute Gasteiger partial charge is 0.395 e. The third-order valence-corrected chi connectivity index (χ3v) is 3.76. The van der Waals surface area contributed by atoms with Gasteiger partial charge in [0.25, 0.3) is 0 Å². The fourth-order valence-electron chi connectivity index (χ4n) is 2.44. The van der Waals surface area contributed by atoms with Gasteiger partial charge in [-0.25, -0.2) is 0 Å². The Kier molecular flexibility index (Phi) is 4.57. The maximum Gasteiger partial charge on any atom is 0.0582 e. The van der Waals surface area contributed by atoms with Gasteiger partial charge in [-0.05, 0) is 24.8 Å². The minimum absolute atomic E-state index is 0.167. The van der Waals surface area contributed by atoms with Crippen LogP contribution in [0.5, 0.6) is 0 Å². The van der Waals surface area contributed by atoms with Crippen molar-refractivity contribution in [3.63, 3.8) is 0 Å². The summed E-state index contributed by atoms with van der Waals surface area (Å²) >= 11 is 0. The van der Waals surface area contributed by atoms with Crippen molar-refractivity contribution in [1.82, 2.24) is 5.32 Å². The molecule has 0 spiro atoms. The summed E-state index contributed by atoms with van der Waals surface area (Å²) in [4.78, 5) is 0. The van der Waals surface area contributed by atoms with Crippen molar-refractivity contribution in [2.24, 2.45) is 5.92 Å². The van der Waals surface area contributed by atoms with Crippen LogP contribution in [-0.4, -0.2) is 17.8 Å². The van der Waals surface area contributed by atoms with Gasteiger partial charge in [0, 0.05) is 12.1 Å². The topological polar surface area (TPSA) is 32.3 Å². The van der Waals surface area contributed by atoms with Crippen LogP contribution < -0.4 is 5.32 Å². The number of nitrogens with one attached hydrogen (secondary N) is 1. The third-order valence-electron chi connectivity index (χ3n) is 3.76. The first-order valence-electron chi connectivity index (χ1n) is 6.71. The van der Waals surface area contributed by atoms with Gasteiger partial charge in [0.1, 0.15) is 0 Å². The number of benzene rings is 1. The Morgan fingerprint density at radius 1 is 1.29 bits per heavy atom. The van der Waals surface area contributed by atoms with Gasteiger partial charge in [-0.3, -0.25) is 0 Å². The molecule has 1 saturated carbocycles. The summed E-state index contributed by atoms with van der Waals surface area (Å²) in [6, 6.07) is 11.2. The SMILES string of the molecule is C[C@H](CO)NC(CC1CCC1)c1ccccc1. The molecule has 2 atom stereocenters. The summed E-state index contributed by atoms with van der Waals surface area (Å²) in [5.74, 6) is 0.874. The normalized spacial score (nSPS) is 19.6. The van der Waals surface area contributed by atoms with E-state index in [1.165, 1.54) is 31.2 Å². The van der Waals surface area contributed by atoms with Crippen LogP contribution >= 0.6 is 0 Å². The first kappa shape index (κ1) is 12.6. The van der Waals surface area contributed by atoms with Gasteiger partial charge >= 0.3 is 0 Å². The fourth-order valence-corrected chi connectivity index (χ4v) is 2.44. The van der Waals surface area contributed by atoms with E-state index in [4.69, 9.17) is 0 Å². The number of aliphatic hydroxyl groups is 1. The molecule has 0 radical (unpaired) electrons. The van der Waals surface area contributed by atoms with Gasteiger partial charge in [0.15, 0.2) is 0 Å². The zero-order valence-electron chi connectivity index (χ0n) is 10.6. The molecule has 0 aromatic heterocycles. The molecule has 17 heavy (non-hydrogen) atoms. The van der Waals surface area contributed by atoms with E-state index in [9.17, 15) is 5.11 Å².